The summed E-state index contributed by atoms with van der Waals surface area (Å²) < 4.78 is 16.0. The van der Waals surface area contributed by atoms with Crippen LogP contribution >= 0.6 is 11.8 Å². The summed E-state index contributed by atoms with van der Waals surface area (Å²) in [6, 6.07) is 10.8. The number of thioether (sulfide) groups is 1. The van der Waals surface area contributed by atoms with Gasteiger partial charge in [0.1, 0.15) is 0 Å². The van der Waals surface area contributed by atoms with E-state index in [2.05, 4.69) is 10.3 Å². The van der Waals surface area contributed by atoms with E-state index in [1.54, 1.807) is 36.9 Å². The summed E-state index contributed by atoms with van der Waals surface area (Å²) in [5.74, 6) is 0.498. The van der Waals surface area contributed by atoms with Crippen molar-refractivity contribution >= 4 is 34.5 Å². The minimum Gasteiger partial charge on any atom is -0.463 e. The Morgan fingerprint density at radius 1 is 1.24 bits per heavy atom. The van der Waals surface area contributed by atoms with E-state index >= 15 is 0 Å². The summed E-state index contributed by atoms with van der Waals surface area (Å²) >= 11 is 1.33. The molecule has 11 nitrogen and oxygen atoms in total. The number of rotatable bonds is 8. The summed E-state index contributed by atoms with van der Waals surface area (Å²) in [6.45, 7) is 4.03. The Labute approximate surface area is 222 Å². The van der Waals surface area contributed by atoms with Gasteiger partial charge in [0.25, 0.3) is 5.69 Å². The number of esters is 1. The quantitative estimate of drug-likeness (QED) is 0.300. The number of allylic oxidation sites excluding steroid dienone is 1. The smallest absolute Gasteiger partial charge is 0.338 e. The second kappa shape index (κ2) is 10.6. The Kier molecular flexibility index (Phi) is 7.05. The van der Waals surface area contributed by atoms with Crippen molar-refractivity contribution in [2.75, 3.05) is 13.4 Å². The molecular formula is C26H24N4O7S. The number of hydrogen-bond donors (Lipinski definition) is 1. The molecule has 2 aromatic rings. The topological polar surface area (TPSA) is 133 Å². The lowest BCUT2D eigenvalue weighted by Gasteiger charge is -2.36. The number of amides is 1. The predicted molar refractivity (Wildman–Crippen MR) is 139 cm³/mol. The highest BCUT2D eigenvalue weighted by Crippen LogP contribution is 2.45. The zero-order valence-corrected chi connectivity index (χ0v) is 21.4. The van der Waals surface area contributed by atoms with Crippen LogP contribution in [0.5, 0.6) is 11.5 Å². The monoisotopic (exact) mass is 536 g/mol. The molecule has 2 aromatic carbocycles. The first-order valence-corrected chi connectivity index (χ1v) is 12.7. The third-order valence-corrected chi connectivity index (χ3v) is 7.05. The molecule has 0 aromatic heterocycles. The van der Waals surface area contributed by atoms with Crippen molar-refractivity contribution in [1.29, 1.82) is 0 Å². The van der Waals surface area contributed by atoms with Crippen LogP contribution in [0.15, 0.2) is 69.8 Å². The molecule has 196 valence electrons. The third-order valence-electron chi connectivity index (χ3n) is 6.16. The number of nitrogens with one attached hydrogen (secondary N) is 1. The molecule has 0 radical (unpaired) electrons. The van der Waals surface area contributed by atoms with E-state index in [0.29, 0.717) is 33.6 Å². The van der Waals surface area contributed by atoms with Gasteiger partial charge in [-0.05, 0) is 42.5 Å². The number of carbonyl (C=O) groups excluding carboxylic acids is 2. The SMILES string of the molecule is CCOC(=O)C1=C(C)N=C2SC=C(CC(=O)NCc3ccc4c(c3)OCO4)N2C1c1cccc([N+](=O)[O-])c1. The fourth-order valence-corrected chi connectivity index (χ4v) is 5.41. The average molecular weight is 537 g/mol. The van der Waals surface area contributed by atoms with Crippen molar-refractivity contribution in [3.05, 3.63) is 86.1 Å². The molecule has 38 heavy (non-hydrogen) atoms. The summed E-state index contributed by atoms with van der Waals surface area (Å²) in [5.41, 5.74) is 2.61. The average Bonchev–Trinajstić information content (AvgIpc) is 3.53. The van der Waals surface area contributed by atoms with Gasteiger partial charge in [-0.2, -0.15) is 0 Å². The second-order valence-electron chi connectivity index (χ2n) is 8.61. The van der Waals surface area contributed by atoms with E-state index in [1.807, 2.05) is 17.5 Å². The molecule has 0 fully saturated rings. The van der Waals surface area contributed by atoms with Gasteiger partial charge < -0.3 is 24.4 Å². The van der Waals surface area contributed by atoms with E-state index in [1.165, 1.54) is 23.9 Å². The van der Waals surface area contributed by atoms with Gasteiger partial charge in [0.15, 0.2) is 16.7 Å². The van der Waals surface area contributed by atoms with Crippen LogP contribution in [0.2, 0.25) is 0 Å². The standard InChI is InChI=1S/C26H24N4O7S/c1-3-35-25(32)23-15(2)28-26-29(24(23)17-5-4-6-18(10-17)30(33)34)19(13-38-26)11-22(31)27-12-16-7-8-20-21(9-16)37-14-36-20/h4-10,13,24H,3,11-12,14H2,1-2H3,(H,27,31). The van der Waals surface area contributed by atoms with Crippen molar-refractivity contribution in [2.45, 2.75) is 32.9 Å². The van der Waals surface area contributed by atoms with Crippen LogP contribution in [0.25, 0.3) is 0 Å². The highest BCUT2D eigenvalue weighted by Gasteiger charge is 2.41. The normalized spacial score (nSPS) is 17.5. The van der Waals surface area contributed by atoms with Crippen molar-refractivity contribution in [3.63, 3.8) is 0 Å². The van der Waals surface area contributed by atoms with Crippen LogP contribution < -0.4 is 14.8 Å². The first-order chi connectivity index (χ1) is 18.4. The maximum absolute atomic E-state index is 13.0. The van der Waals surface area contributed by atoms with Crippen LogP contribution in [-0.2, 0) is 20.9 Å². The highest BCUT2D eigenvalue weighted by atomic mass is 32.2. The van der Waals surface area contributed by atoms with Gasteiger partial charge in [-0.3, -0.25) is 14.9 Å². The Hall–Kier alpha value is -4.32. The Balaban J connectivity index is 1.39. The Morgan fingerprint density at radius 2 is 2.05 bits per heavy atom. The number of hydrogen-bond acceptors (Lipinski definition) is 10. The van der Waals surface area contributed by atoms with Gasteiger partial charge in [0.2, 0.25) is 12.7 Å². The lowest BCUT2D eigenvalue weighted by Crippen LogP contribution is -2.38. The van der Waals surface area contributed by atoms with Crippen molar-refractivity contribution < 1.29 is 28.7 Å². The number of amidine groups is 1. The maximum atomic E-state index is 13.0. The summed E-state index contributed by atoms with van der Waals surface area (Å²) in [5, 5.41) is 16.8. The van der Waals surface area contributed by atoms with Gasteiger partial charge in [-0.25, -0.2) is 9.79 Å². The molecule has 0 spiro atoms. The number of carbonyl (C=O) groups is 2. The van der Waals surface area contributed by atoms with Crippen molar-refractivity contribution in [1.82, 2.24) is 10.2 Å². The zero-order valence-electron chi connectivity index (χ0n) is 20.6. The van der Waals surface area contributed by atoms with Crippen molar-refractivity contribution in [3.8, 4) is 11.5 Å². The van der Waals surface area contributed by atoms with Gasteiger partial charge >= 0.3 is 5.97 Å². The van der Waals surface area contributed by atoms with E-state index < -0.39 is 16.9 Å². The predicted octanol–water partition coefficient (Wildman–Crippen LogP) is 4.17. The molecule has 0 saturated heterocycles. The van der Waals surface area contributed by atoms with E-state index in [-0.39, 0.29) is 43.5 Å². The van der Waals surface area contributed by atoms with E-state index in [9.17, 15) is 19.7 Å². The minimum atomic E-state index is -0.746. The molecule has 3 aliphatic rings. The molecule has 0 aliphatic carbocycles. The molecule has 1 atom stereocenters. The second-order valence-corrected chi connectivity index (χ2v) is 9.44. The molecule has 1 amide bonds. The van der Waals surface area contributed by atoms with E-state index in [0.717, 1.165) is 5.56 Å². The molecule has 0 bridgehead atoms. The van der Waals surface area contributed by atoms with Crippen molar-refractivity contribution in [2.24, 2.45) is 4.99 Å². The Morgan fingerprint density at radius 3 is 2.84 bits per heavy atom. The molecule has 12 heteroatoms. The third kappa shape index (κ3) is 4.94. The van der Waals surface area contributed by atoms with E-state index in [4.69, 9.17) is 14.2 Å². The largest absolute Gasteiger partial charge is 0.463 e. The highest BCUT2D eigenvalue weighted by molar-refractivity contribution is 8.16. The molecule has 0 saturated carbocycles. The number of nitro benzene ring substituents is 1. The lowest BCUT2D eigenvalue weighted by atomic mass is 9.93. The fraction of sp³-hybridized carbons (Fsp3) is 0.269. The van der Waals surface area contributed by atoms with Gasteiger partial charge in [0, 0.05) is 24.4 Å². The zero-order chi connectivity index (χ0) is 26.8. The Bertz CT molecular complexity index is 1420. The van der Waals surface area contributed by atoms with Gasteiger partial charge in [0.05, 0.1) is 35.3 Å². The lowest BCUT2D eigenvalue weighted by molar-refractivity contribution is -0.384. The minimum absolute atomic E-state index is 0.0111. The number of nitro groups is 1. The summed E-state index contributed by atoms with van der Waals surface area (Å²) in [6.07, 6.45) is 0.0111. The molecule has 1 N–H and O–H groups in total. The molecular weight excluding hydrogens is 512 g/mol. The van der Waals surface area contributed by atoms with Crippen LogP contribution in [0.1, 0.15) is 37.4 Å². The van der Waals surface area contributed by atoms with Crippen LogP contribution in [-0.4, -0.2) is 40.3 Å². The molecule has 5 rings (SSSR count). The number of non-ortho nitro benzene ring substituents is 1. The van der Waals surface area contributed by atoms with Gasteiger partial charge in [-0.15, -0.1) is 0 Å². The fourth-order valence-electron chi connectivity index (χ4n) is 4.44. The first kappa shape index (κ1) is 25.3. The molecule has 1 unspecified atom stereocenters. The number of benzene rings is 2. The summed E-state index contributed by atoms with van der Waals surface area (Å²) in [4.78, 5) is 43.4. The number of nitrogens with zero attached hydrogens (tertiary/aromatic N) is 3. The number of aliphatic imine (C=N–C) groups is 1. The first-order valence-electron chi connectivity index (χ1n) is 11.9. The van der Waals surface area contributed by atoms with Gasteiger partial charge in [-0.1, -0.05) is 30.0 Å². The molecule has 3 aliphatic heterocycles. The number of fused-ring (bicyclic) bond motifs is 2. The molecule has 3 heterocycles. The number of ether oxygens (including phenoxy) is 3. The van der Waals surface area contributed by atoms with Crippen LogP contribution in [0.3, 0.4) is 0 Å². The van der Waals surface area contributed by atoms with Crippen LogP contribution in [0, 0.1) is 10.1 Å². The van der Waals surface area contributed by atoms with Crippen LogP contribution in [0.4, 0.5) is 5.69 Å². The maximum Gasteiger partial charge on any atom is 0.338 e. The summed E-state index contributed by atoms with van der Waals surface area (Å²) in [7, 11) is 0.